The van der Waals surface area contributed by atoms with E-state index in [0.717, 1.165) is 21.2 Å². The number of carboxylic acid groups (broad SMARTS) is 1. The average molecular weight is 355 g/mol. The third-order valence-corrected chi connectivity index (χ3v) is 4.75. The van der Waals surface area contributed by atoms with Crippen molar-refractivity contribution >= 4 is 33.8 Å². The lowest BCUT2D eigenvalue weighted by molar-refractivity contribution is -0.152. The SMILES string of the molecule is CC(C)(Oc1ccc(/C(=N/O)c2cccs2)c2ccccc12)C(=O)O. The summed E-state index contributed by atoms with van der Waals surface area (Å²) in [5.74, 6) is -0.577. The maximum Gasteiger partial charge on any atom is 0.347 e. The van der Waals surface area contributed by atoms with Crippen molar-refractivity contribution in [2.75, 3.05) is 0 Å². The van der Waals surface area contributed by atoms with E-state index in [0.29, 0.717) is 11.5 Å². The molecule has 0 aliphatic heterocycles. The molecule has 1 aromatic heterocycles. The summed E-state index contributed by atoms with van der Waals surface area (Å²) in [5.41, 5.74) is -0.136. The number of benzene rings is 2. The molecule has 0 spiro atoms. The van der Waals surface area contributed by atoms with Gasteiger partial charge in [0, 0.05) is 10.9 Å². The predicted octanol–water partition coefficient (Wildman–Crippen LogP) is 4.37. The summed E-state index contributed by atoms with van der Waals surface area (Å²) in [5, 5.41) is 25.8. The van der Waals surface area contributed by atoms with E-state index in [1.807, 2.05) is 41.8 Å². The third kappa shape index (κ3) is 3.21. The summed E-state index contributed by atoms with van der Waals surface area (Å²) in [6.45, 7) is 3.01. The van der Waals surface area contributed by atoms with Crippen LogP contribution in [0.5, 0.6) is 5.75 Å². The number of ether oxygens (including phenoxy) is 1. The van der Waals surface area contributed by atoms with Crippen molar-refractivity contribution in [2.45, 2.75) is 19.4 Å². The van der Waals surface area contributed by atoms with Gasteiger partial charge in [0.2, 0.25) is 0 Å². The van der Waals surface area contributed by atoms with Gasteiger partial charge in [-0.1, -0.05) is 35.5 Å². The van der Waals surface area contributed by atoms with Gasteiger partial charge in [0.05, 0.1) is 4.88 Å². The number of carbonyl (C=O) groups is 1. The molecule has 128 valence electrons. The lowest BCUT2D eigenvalue weighted by Gasteiger charge is -2.23. The molecule has 0 radical (unpaired) electrons. The van der Waals surface area contributed by atoms with E-state index in [1.54, 1.807) is 12.1 Å². The molecule has 5 nitrogen and oxygen atoms in total. The Kier molecular flexibility index (Phi) is 4.46. The van der Waals surface area contributed by atoms with E-state index in [2.05, 4.69) is 5.16 Å². The monoisotopic (exact) mass is 355 g/mol. The van der Waals surface area contributed by atoms with Crippen molar-refractivity contribution in [1.82, 2.24) is 0 Å². The Morgan fingerprint density at radius 2 is 1.80 bits per heavy atom. The molecule has 0 unspecified atom stereocenters. The topological polar surface area (TPSA) is 79.1 Å². The number of aliphatic carboxylic acids is 1. The van der Waals surface area contributed by atoms with Crippen molar-refractivity contribution < 1.29 is 19.8 Å². The van der Waals surface area contributed by atoms with E-state index in [1.165, 1.54) is 25.2 Å². The molecule has 3 aromatic rings. The highest BCUT2D eigenvalue weighted by molar-refractivity contribution is 7.12. The Morgan fingerprint density at radius 1 is 1.08 bits per heavy atom. The largest absolute Gasteiger partial charge is 0.478 e. The highest BCUT2D eigenvalue weighted by Crippen LogP contribution is 2.33. The summed E-state index contributed by atoms with van der Waals surface area (Å²) in [6, 6.07) is 14.7. The van der Waals surface area contributed by atoms with E-state index in [9.17, 15) is 15.1 Å². The molecule has 0 aliphatic rings. The second kappa shape index (κ2) is 6.57. The molecule has 0 saturated heterocycles. The highest BCUT2D eigenvalue weighted by Gasteiger charge is 2.30. The summed E-state index contributed by atoms with van der Waals surface area (Å²) in [4.78, 5) is 12.2. The highest BCUT2D eigenvalue weighted by atomic mass is 32.1. The van der Waals surface area contributed by atoms with Gasteiger partial charge in [-0.2, -0.15) is 0 Å². The van der Waals surface area contributed by atoms with Gasteiger partial charge >= 0.3 is 5.97 Å². The second-order valence-corrected chi connectivity index (χ2v) is 6.95. The number of nitrogens with zero attached hydrogens (tertiary/aromatic N) is 1. The quantitative estimate of drug-likeness (QED) is 0.405. The van der Waals surface area contributed by atoms with Crippen LogP contribution in [0.2, 0.25) is 0 Å². The average Bonchev–Trinajstić information content (AvgIpc) is 3.11. The maximum absolute atomic E-state index is 11.4. The first-order valence-electron chi connectivity index (χ1n) is 7.64. The standard InChI is InChI=1S/C19H17NO4S/c1-19(2,18(21)22)24-15-10-9-14(12-6-3-4-7-13(12)15)17(20-23)16-8-5-11-25-16/h3-11,23H,1-2H3,(H,21,22)/b20-17-. The van der Waals surface area contributed by atoms with Crippen molar-refractivity contribution in [3.63, 3.8) is 0 Å². The smallest absolute Gasteiger partial charge is 0.347 e. The lowest BCUT2D eigenvalue weighted by Crippen LogP contribution is -2.37. The van der Waals surface area contributed by atoms with Crippen molar-refractivity contribution in [1.29, 1.82) is 0 Å². The van der Waals surface area contributed by atoms with Crippen LogP contribution in [0.15, 0.2) is 59.1 Å². The first-order chi connectivity index (χ1) is 11.9. The van der Waals surface area contributed by atoms with Gasteiger partial charge in [0.15, 0.2) is 5.60 Å². The Morgan fingerprint density at radius 3 is 2.40 bits per heavy atom. The molecular formula is C19H17NO4S. The fourth-order valence-electron chi connectivity index (χ4n) is 2.53. The number of hydrogen-bond acceptors (Lipinski definition) is 5. The molecule has 0 bridgehead atoms. The minimum Gasteiger partial charge on any atom is -0.478 e. The van der Waals surface area contributed by atoms with E-state index < -0.39 is 11.6 Å². The molecule has 0 atom stereocenters. The van der Waals surface area contributed by atoms with E-state index in [4.69, 9.17) is 4.74 Å². The molecule has 2 N–H and O–H groups in total. The van der Waals surface area contributed by atoms with Crippen LogP contribution in [-0.4, -0.2) is 27.6 Å². The molecule has 0 amide bonds. The second-order valence-electron chi connectivity index (χ2n) is 6.00. The minimum atomic E-state index is -1.36. The first kappa shape index (κ1) is 17.0. The molecule has 1 heterocycles. The van der Waals surface area contributed by atoms with Gasteiger partial charge in [0.25, 0.3) is 0 Å². The van der Waals surface area contributed by atoms with Gasteiger partial charge in [-0.15, -0.1) is 11.3 Å². The zero-order chi connectivity index (χ0) is 18.0. The van der Waals surface area contributed by atoms with Crippen LogP contribution in [0.25, 0.3) is 10.8 Å². The Bertz CT molecular complexity index is 945. The zero-order valence-corrected chi connectivity index (χ0v) is 14.6. The Labute approximate surface area is 148 Å². The maximum atomic E-state index is 11.4. The van der Waals surface area contributed by atoms with Gasteiger partial charge < -0.3 is 15.1 Å². The van der Waals surface area contributed by atoms with Gasteiger partial charge in [-0.3, -0.25) is 0 Å². The Hall–Kier alpha value is -2.86. The van der Waals surface area contributed by atoms with Crippen LogP contribution in [-0.2, 0) is 4.79 Å². The molecule has 0 saturated carbocycles. The lowest BCUT2D eigenvalue weighted by atomic mass is 9.99. The van der Waals surface area contributed by atoms with Crippen LogP contribution >= 0.6 is 11.3 Å². The van der Waals surface area contributed by atoms with Gasteiger partial charge in [0.1, 0.15) is 11.5 Å². The van der Waals surface area contributed by atoms with Crippen molar-refractivity contribution in [3.8, 4) is 5.75 Å². The Balaban J connectivity index is 2.16. The number of oxime groups is 1. The predicted molar refractivity (Wildman–Crippen MR) is 98.0 cm³/mol. The molecule has 6 heteroatoms. The fraction of sp³-hybridized carbons (Fsp3) is 0.158. The summed E-state index contributed by atoms with van der Waals surface area (Å²) in [6.07, 6.45) is 0. The summed E-state index contributed by atoms with van der Waals surface area (Å²) >= 11 is 1.48. The van der Waals surface area contributed by atoms with Crippen molar-refractivity contribution in [2.24, 2.45) is 5.16 Å². The molecule has 0 aliphatic carbocycles. The zero-order valence-electron chi connectivity index (χ0n) is 13.8. The number of fused-ring (bicyclic) bond motifs is 1. The van der Waals surface area contributed by atoms with Crippen LogP contribution < -0.4 is 4.74 Å². The summed E-state index contributed by atoms with van der Waals surface area (Å²) < 4.78 is 5.74. The number of thiophene rings is 1. The fourth-order valence-corrected chi connectivity index (χ4v) is 3.26. The number of rotatable bonds is 5. The molecular weight excluding hydrogens is 338 g/mol. The van der Waals surface area contributed by atoms with Gasteiger partial charge in [-0.05, 0) is 42.8 Å². The van der Waals surface area contributed by atoms with Crippen LogP contribution in [0.1, 0.15) is 24.3 Å². The molecule has 25 heavy (non-hydrogen) atoms. The van der Waals surface area contributed by atoms with Gasteiger partial charge in [-0.25, -0.2) is 4.79 Å². The minimum absolute atomic E-state index is 0.468. The molecule has 3 rings (SSSR count). The van der Waals surface area contributed by atoms with Crippen LogP contribution in [0, 0.1) is 0 Å². The summed E-state index contributed by atoms with van der Waals surface area (Å²) in [7, 11) is 0. The van der Waals surface area contributed by atoms with Crippen LogP contribution in [0.3, 0.4) is 0 Å². The molecule has 2 aromatic carbocycles. The molecule has 0 fully saturated rings. The normalized spacial score (nSPS) is 12.3. The number of hydrogen-bond donors (Lipinski definition) is 2. The van der Waals surface area contributed by atoms with E-state index in [-0.39, 0.29) is 0 Å². The van der Waals surface area contributed by atoms with Crippen molar-refractivity contribution in [3.05, 3.63) is 64.4 Å². The van der Waals surface area contributed by atoms with E-state index >= 15 is 0 Å². The van der Waals surface area contributed by atoms with Crippen LogP contribution in [0.4, 0.5) is 0 Å². The third-order valence-electron chi connectivity index (χ3n) is 3.87. The first-order valence-corrected chi connectivity index (χ1v) is 8.52. The number of carboxylic acids is 1.